The molecule has 3 heterocycles. The lowest BCUT2D eigenvalue weighted by Gasteiger charge is -2.31. The lowest BCUT2D eigenvalue weighted by atomic mass is 9.97. The minimum atomic E-state index is -0.311. The Labute approximate surface area is 155 Å². The molecule has 0 aliphatic carbocycles. The lowest BCUT2D eigenvalue weighted by Crippen LogP contribution is -2.46. The number of hydrogen-bond donors (Lipinski definition) is 2. The highest BCUT2D eigenvalue weighted by Gasteiger charge is 2.29. The Bertz CT molecular complexity index is 743. The van der Waals surface area contributed by atoms with Crippen LogP contribution in [0.1, 0.15) is 33.1 Å². The van der Waals surface area contributed by atoms with E-state index in [0.717, 1.165) is 12.8 Å². The maximum absolute atomic E-state index is 12.4. The van der Waals surface area contributed by atoms with Crippen molar-refractivity contribution in [1.29, 1.82) is 0 Å². The summed E-state index contributed by atoms with van der Waals surface area (Å²) in [5.41, 5.74) is 0. The first-order valence-corrected chi connectivity index (χ1v) is 9.45. The average Bonchev–Trinajstić information content (AvgIpc) is 3.38. The highest BCUT2D eigenvalue weighted by atomic mass is 32.1. The summed E-state index contributed by atoms with van der Waals surface area (Å²) < 4.78 is 5.00. The number of rotatable bonds is 6. The number of hydrogen-bond acceptors (Lipinski definition) is 5. The monoisotopic (exact) mass is 375 g/mol. The highest BCUT2D eigenvalue weighted by molar-refractivity contribution is 7.12. The fraction of sp³-hybridized carbons (Fsp3) is 0.389. The van der Waals surface area contributed by atoms with E-state index in [2.05, 4.69) is 10.6 Å². The summed E-state index contributed by atoms with van der Waals surface area (Å²) in [4.78, 5) is 38.9. The molecule has 7 nitrogen and oxygen atoms in total. The normalized spacial score (nSPS) is 16.9. The van der Waals surface area contributed by atoms with Gasteiger partial charge in [-0.15, -0.1) is 11.3 Å². The van der Waals surface area contributed by atoms with Crippen molar-refractivity contribution in [2.75, 3.05) is 26.2 Å². The van der Waals surface area contributed by atoms with Gasteiger partial charge in [0.25, 0.3) is 11.8 Å². The molecule has 1 atom stereocenters. The average molecular weight is 375 g/mol. The van der Waals surface area contributed by atoms with Gasteiger partial charge in [0.05, 0.1) is 17.1 Å². The van der Waals surface area contributed by atoms with Crippen molar-refractivity contribution in [3.8, 4) is 0 Å². The van der Waals surface area contributed by atoms with Gasteiger partial charge >= 0.3 is 0 Å². The number of carbonyl (C=O) groups is 3. The molecule has 1 fully saturated rings. The van der Waals surface area contributed by atoms with Crippen molar-refractivity contribution in [3.63, 3.8) is 0 Å². The molecule has 138 valence electrons. The Hall–Kier alpha value is -2.61. The van der Waals surface area contributed by atoms with Gasteiger partial charge in [0.15, 0.2) is 5.76 Å². The molecule has 1 unspecified atom stereocenters. The van der Waals surface area contributed by atoms with Gasteiger partial charge in [-0.05, 0) is 36.4 Å². The predicted molar refractivity (Wildman–Crippen MR) is 97.0 cm³/mol. The molecule has 1 aliphatic rings. The zero-order valence-corrected chi connectivity index (χ0v) is 15.1. The van der Waals surface area contributed by atoms with Gasteiger partial charge < -0.3 is 20.0 Å². The Morgan fingerprint density at radius 1 is 1.19 bits per heavy atom. The van der Waals surface area contributed by atoms with Gasteiger partial charge in [-0.2, -0.15) is 0 Å². The standard InChI is InChI=1S/C18H21N3O4S/c22-16(19-7-8-20-17(23)14-5-2-10-25-14)13-4-1-9-21(12-13)18(24)15-6-3-11-26-15/h2-3,5-6,10-11,13H,1,4,7-9,12H2,(H,19,22)(H,20,23). The molecule has 0 radical (unpaired) electrons. The fourth-order valence-corrected chi connectivity index (χ4v) is 3.62. The number of furan rings is 1. The van der Waals surface area contributed by atoms with E-state index in [-0.39, 0.29) is 29.4 Å². The van der Waals surface area contributed by atoms with Crippen LogP contribution < -0.4 is 10.6 Å². The van der Waals surface area contributed by atoms with Crippen molar-refractivity contribution in [3.05, 3.63) is 46.5 Å². The van der Waals surface area contributed by atoms with Crippen molar-refractivity contribution in [2.24, 2.45) is 5.92 Å². The van der Waals surface area contributed by atoms with E-state index < -0.39 is 0 Å². The van der Waals surface area contributed by atoms with Crippen molar-refractivity contribution >= 4 is 29.1 Å². The molecular formula is C18H21N3O4S. The first-order chi connectivity index (χ1) is 12.6. The highest BCUT2D eigenvalue weighted by Crippen LogP contribution is 2.20. The molecule has 2 aromatic heterocycles. The van der Waals surface area contributed by atoms with Crippen molar-refractivity contribution in [1.82, 2.24) is 15.5 Å². The van der Waals surface area contributed by atoms with E-state index in [1.165, 1.54) is 17.6 Å². The van der Waals surface area contributed by atoms with Crippen LogP contribution in [-0.4, -0.2) is 48.8 Å². The van der Waals surface area contributed by atoms with E-state index >= 15 is 0 Å². The third-order valence-corrected chi connectivity index (χ3v) is 5.12. The van der Waals surface area contributed by atoms with Crippen LogP contribution in [0, 0.1) is 5.92 Å². The molecule has 1 saturated heterocycles. The maximum Gasteiger partial charge on any atom is 0.287 e. The number of nitrogens with zero attached hydrogens (tertiary/aromatic N) is 1. The van der Waals surface area contributed by atoms with Gasteiger partial charge in [0, 0.05) is 26.2 Å². The predicted octanol–water partition coefficient (Wildman–Crippen LogP) is 1.74. The first kappa shape index (κ1) is 18.2. The van der Waals surface area contributed by atoms with Crippen LogP contribution in [0.5, 0.6) is 0 Å². The molecule has 26 heavy (non-hydrogen) atoms. The number of carbonyl (C=O) groups excluding carboxylic acids is 3. The summed E-state index contributed by atoms with van der Waals surface area (Å²) in [7, 11) is 0. The van der Waals surface area contributed by atoms with Gasteiger partial charge in [0.2, 0.25) is 5.91 Å². The van der Waals surface area contributed by atoms with Crippen LogP contribution in [0.3, 0.4) is 0 Å². The Morgan fingerprint density at radius 3 is 2.77 bits per heavy atom. The number of thiophene rings is 1. The number of nitrogens with one attached hydrogen (secondary N) is 2. The molecule has 1 aliphatic heterocycles. The summed E-state index contributed by atoms with van der Waals surface area (Å²) >= 11 is 1.41. The topological polar surface area (TPSA) is 91.7 Å². The molecule has 0 aromatic carbocycles. The third kappa shape index (κ3) is 4.51. The Balaban J connectivity index is 1.41. The van der Waals surface area contributed by atoms with Crippen LogP contribution in [0.4, 0.5) is 0 Å². The second-order valence-corrected chi connectivity index (χ2v) is 7.04. The molecule has 2 N–H and O–H groups in total. The minimum Gasteiger partial charge on any atom is -0.459 e. The van der Waals surface area contributed by atoms with Gasteiger partial charge in [-0.25, -0.2) is 0 Å². The SMILES string of the molecule is O=C(NCCNC(=O)C1CCCN(C(=O)c2cccs2)C1)c1ccco1. The van der Waals surface area contributed by atoms with Crippen molar-refractivity contribution < 1.29 is 18.8 Å². The molecular weight excluding hydrogens is 354 g/mol. The number of amides is 3. The minimum absolute atomic E-state index is 0.0109. The van der Waals surface area contributed by atoms with Crippen LogP contribution >= 0.6 is 11.3 Å². The van der Waals surface area contributed by atoms with Gasteiger partial charge in [0.1, 0.15) is 0 Å². The molecule has 0 saturated carbocycles. The molecule has 3 amide bonds. The molecule has 2 aromatic rings. The molecule has 0 bridgehead atoms. The van der Waals surface area contributed by atoms with Crippen molar-refractivity contribution in [2.45, 2.75) is 12.8 Å². The zero-order chi connectivity index (χ0) is 18.4. The molecule has 8 heteroatoms. The third-order valence-electron chi connectivity index (χ3n) is 4.27. The quantitative estimate of drug-likeness (QED) is 0.753. The lowest BCUT2D eigenvalue weighted by molar-refractivity contribution is -0.126. The van der Waals surface area contributed by atoms with Crippen LogP contribution in [-0.2, 0) is 4.79 Å². The maximum atomic E-state index is 12.4. The second kappa shape index (κ2) is 8.66. The summed E-state index contributed by atoms with van der Waals surface area (Å²) in [6.45, 7) is 1.76. The summed E-state index contributed by atoms with van der Waals surface area (Å²) in [6, 6.07) is 6.87. The first-order valence-electron chi connectivity index (χ1n) is 8.57. The summed E-state index contributed by atoms with van der Waals surface area (Å²) in [6.07, 6.45) is 3.01. The van der Waals surface area contributed by atoms with Gasteiger partial charge in [-0.3, -0.25) is 14.4 Å². The largest absolute Gasteiger partial charge is 0.459 e. The van der Waals surface area contributed by atoms with Crippen LogP contribution in [0.25, 0.3) is 0 Å². The van der Waals surface area contributed by atoms with E-state index in [0.29, 0.717) is 31.1 Å². The Morgan fingerprint density at radius 2 is 2.04 bits per heavy atom. The molecule has 0 spiro atoms. The zero-order valence-electron chi connectivity index (χ0n) is 14.3. The van der Waals surface area contributed by atoms with Crippen LogP contribution in [0.2, 0.25) is 0 Å². The van der Waals surface area contributed by atoms with Crippen LogP contribution in [0.15, 0.2) is 40.3 Å². The second-order valence-electron chi connectivity index (χ2n) is 6.09. The fourth-order valence-electron chi connectivity index (χ4n) is 2.93. The smallest absolute Gasteiger partial charge is 0.287 e. The van der Waals surface area contributed by atoms with Gasteiger partial charge in [-0.1, -0.05) is 6.07 Å². The van der Waals surface area contributed by atoms with E-state index in [9.17, 15) is 14.4 Å². The molecule has 3 rings (SSSR count). The summed E-state index contributed by atoms with van der Waals surface area (Å²) in [5.74, 6) is -0.376. The number of piperidine rings is 1. The number of likely N-dealkylation sites (tertiary alicyclic amines) is 1. The van der Waals surface area contributed by atoms with E-state index in [1.807, 2.05) is 11.4 Å². The Kier molecular flexibility index (Phi) is 6.06. The summed E-state index contributed by atoms with van der Waals surface area (Å²) in [5, 5.41) is 7.38. The van der Waals surface area contributed by atoms with E-state index in [1.54, 1.807) is 23.1 Å². The van der Waals surface area contributed by atoms with E-state index in [4.69, 9.17) is 4.42 Å².